The van der Waals surface area contributed by atoms with Crippen molar-refractivity contribution < 1.29 is 9.53 Å². The van der Waals surface area contributed by atoms with Crippen LogP contribution in [0, 0.1) is 6.92 Å². The maximum Gasteiger partial charge on any atom is 0.410 e. The zero-order chi connectivity index (χ0) is 14.2. The molecule has 0 radical (unpaired) electrons. The van der Waals surface area contributed by atoms with Crippen LogP contribution in [0.25, 0.3) is 0 Å². The summed E-state index contributed by atoms with van der Waals surface area (Å²) in [6.45, 7) is 10.6. The summed E-state index contributed by atoms with van der Waals surface area (Å²) < 4.78 is 5.47. The van der Waals surface area contributed by atoms with Gasteiger partial charge in [0.1, 0.15) is 5.60 Å². The Labute approximate surface area is 115 Å². The first-order valence-corrected chi connectivity index (χ1v) is 6.87. The third kappa shape index (κ3) is 3.09. The molecule has 1 aliphatic rings. The van der Waals surface area contributed by atoms with Crippen LogP contribution in [-0.4, -0.2) is 23.1 Å². The molecule has 0 spiro atoms. The number of hydrogen-bond donors (Lipinski definition) is 0. The van der Waals surface area contributed by atoms with E-state index in [1.54, 1.807) is 0 Å². The molecule has 0 aromatic heterocycles. The monoisotopic (exact) mass is 261 g/mol. The van der Waals surface area contributed by atoms with E-state index >= 15 is 0 Å². The number of carbonyl (C=O) groups excluding carboxylic acids is 1. The summed E-state index contributed by atoms with van der Waals surface area (Å²) >= 11 is 0. The Morgan fingerprint density at radius 3 is 2.68 bits per heavy atom. The van der Waals surface area contributed by atoms with Crippen molar-refractivity contribution in [2.24, 2.45) is 0 Å². The molecule has 1 aliphatic heterocycles. The van der Waals surface area contributed by atoms with Crippen molar-refractivity contribution in [1.82, 2.24) is 4.90 Å². The van der Waals surface area contributed by atoms with E-state index in [9.17, 15) is 4.79 Å². The minimum absolute atomic E-state index is 0.0826. The highest BCUT2D eigenvalue weighted by Gasteiger charge is 2.30. The van der Waals surface area contributed by atoms with Gasteiger partial charge in [0.05, 0.1) is 6.04 Å². The Bertz CT molecular complexity index is 488. The summed E-state index contributed by atoms with van der Waals surface area (Å²) in [7, 11) is 0. The Kier molecular flexibility index (Phi) is 3.57. The van der Waals surface area contributed by atoms with Gasteiger partial charge in [-0.05, 0) is 52.2 Å². The highest BCUT2D eigenvalue weighted by molar-refractivity contribution is 5.69. The minimum Gasteiger partial charge on any atom is -0.444 e. The molecule has 0 N–H and O–H groups in total. The van der Waals surface area contributed by atoms with Crippen LogP contribution >= 0.6 is 0 Å². The topological polar surface area (TPSA) is 29.5 Å². The van der Waals surface area contributed by atoms with E-state index in [0.717, 1.165) is 13.0 Å². The number of carbonyl (C=O) groups is 1. The molecule has 104 valence electrons. The fourth-order valence-electron chi connectivity index (χ4n) is 2.53. The van der Waals surface area contributed by atoms with E-state index in [1.165, 1.54) is 16.7 Å². The molecule has 1 aromatic rings. The van der Waals surface area contributed by atoms with Crippen molar-refractivity contribution >= 4 is 6.09 Å². The van der Waals surface area contributed by atoms with E-state index in [1.807, 2.05) is 25.7 Å². The first-order valence-electron chi connectivity index (χ1n) is 6.87. The molecule has 2 rings (SSSR count). The number of benzene rings is 1. The molecular weight excluding hydrogens is 238 g/mol. The Morgan fingerprint density at radius 2 is 2.05 bits per heavy atom. The van der Waals surface area contributed by atoms with Crippen LogP contribution in [0.5, 0.6) is 0 Å². The molecule has 0 unspecified atom stereocenters. The quantitative estimate of drug-likeness (QED) is 0.710. The highest BCUT2D eigenvalue weighted by Crippen LogP contribution is 2.31. The predicted octanol–water partition coefficient (Wildman–Crippen LogP) is 3.85. The molecule has 3 nitrogen and oxygen atoms in total. The third-order valence-electron chi connectivity index (χ3n) is 3.47. The van der Waals surface area contributed by atoms with E-state index in [2.05, 4.69) is 32.0 Å². The van der Waals surface area contributed by atoms with Crippen molar-refractivity contribution in [2.75, 3.05) is 6.54 Å². The van der Waals surface area contributed by atoms with Crippen molar-refractivity contribution in [2.45, 2.75) is 52.7 Å². The van der Waals surface area contributed by atoms with Crippen molar-refractivity contribution in [1.29, 1.82) is 0 Å². The summed E-state index contributed by atoms with van der Waals surface area (Å²) in [5.41, 5.74) is 3.43. The first kappa shape index (κ1) is 13.9. The average Bonchev–Trinajstić information content (AvgIpc) is 2.26. The zero-order valence-corrected chi connectivity index (χ0v) is 12.5. The maximum atomic E-state index is 12.2. The van der Waals surface area contributed by atoms with E-state index < -0.39 is 5.60 Å². The van der Waals surface area contributed by atoms with Crippen LogP contribution < -0.4 is 0 Å². The number of ether oxygens (including phenoxy) is 1. The smallest absolute Gasteiger partial charge is 0.410 e. The van der Waals surface area contributed by atoms with Crippen LogP contribution in [0.2, 0.25) is 0 Å². The molecule has 0 saturated carbocycles. The summed E-state index contributed by atoms with van der Waals surface area (Å²) in [6.07, 6.45) is 0.687. The second kappa shape index (κ2) is 4.87. The molecule has 1 heterocycles. The van der Waals surface area contributed by atoms with Gasteiger partial charge in [-0.25, -0.2) is 4.79 Å². The molecule has 1 amide bonds. The van der Waals surface area contributed by atoms with Crippen LogP contribution in [0.1, 0.15) is 50.4 Å². The lowest BCUT2D eigenvalue weighted by Gasteiger charge is -2.36. The number of nitrogens with zero attached hydrogens (tertiary/aromatic N) is 1. The molecular formula is C16H23NO2. The van der Waals surface area contributed by atoms with Gasteiger partial charge in [0.2, 0.25) is 0 Å². The lowest BCUT2D eigenvalue weighted by molar-refractivity contribution is 0.0160. The van der Waals surface area contributed by atoms with Crippen LogP contribution in [0.4, 0.5) is 4.79 Å². The van der Waals surface area contributed by atoms with Gasteiger partial charge in [0.15, 0.2) is 0 Å². The summed E-state index contributed by atoms with van der Waals surface area (Å²) in [4.78, 5) is 14.0. The number of aryl methyl sites for hydroxylation is 1. The lowest BCUT2D eigenvalue weighted by atomic mass is 9.92. The lowest BCUT2D eigenvalue weighted by Crippen LogP contribution is -2.42. The van der Waals surface area contributed by atoms with Crippen LogP contribution in [0.3, 0.4) is 0 Å². The van der Waals surface area contributed by atoms with Gasteiger partial charge < -0.3 is 9.64 Å². The number of hydrogen-bond acceptors (Lipinski definition) is 2. The molecule has 0 saturated heterocycles. The zero-order valence-electron chi connectivity index (χ0n) is 12.5. The Hall–Kier alpha value is -1.51. The minimum atomic E-state index is -0.440. The van der Waals surface area contributed by atoms with Gasteiger partial charge in [0, 0.05) is 6.54 Å². The average molecular weight is 261 g/mol. The second-order valence-corrected chi connectivity index (χ2v) is 6.30. The summed E-state index contributed by atoms with van der Waals surface area (Å²) in [6, 6.07) is 6.54. The van der Waals surface area contributed by atoms with E-state index in [-0.39, 0.29) is 12.1 Å². The van der Waals surface area contributed by atoms with Gasteiger partial charge in [-0.3, -0.25) is 0 Å². The molecule has 3 heteroatoms. The van der Waals surface area contributed by atoms with Gasteiger partial charge in [-0.2, -0.15) is 0 Å². The van der Waals surface area contributed by atoms with E-state index in [0.29, 0.717) is 0 Å². The SMILES string of the molecule is Cc1ccc2c(c1)CCN(C(=O)OC(C)(C)C)[C@@H]2C. The Balaban J connectivity index is 2.19. The van der Waals surface area contributed by atoms with Gasteiger partial charge >= 0.3 is 6.09 Å². The van der Waals surface area contributed by atoms with E-state index in [4.69, 9.17) is 4.74 Å². The predicted molar refractivity (Wildman–Crippen MR) is 76.2 cm³/mol. The molecule has 0 fully saturated rings. The van der Waals surface area contributed by atoms with Crippen molar-refractivity contribution in [3.05, 3.63) is 34.9 Å². The standard InChI is InChI=1S/C16H23NO2/c1-11-6-7-14-12(2)17(9-8-13(14)10-11)15(18)19-16(3,4)5/h6-7,10,12H,8-9H2,1-5H3/t12-/m1/s1. The molecule has 1 aromatic carbocycles. The molecule has 0 bridgehead atoms. The van der Waals surface area contributed by atoms with Crippen molar-refractivity contribution in [3.63, 3.8) is 0 Å². The fraction of sp³-hybridized carbons (Fsp3) is 0.562. The molecule has 19 heavy (non-hydrogen) atoms. The number of rotatable bonds is 0. The molecule has 0 aliphatic carbocycles. The number of amides is 1. The third-order valence-corrected chi connectivity index (χ3v) is 3.47. The normalized spacial score (nSPS) is 19.0. The summed E-state index contributed by atoms with van der Waals surface area (Å²) in [5, 5.41) is 0. The van der Waals surface area contributed by atoms with Gasteiger partial charge in [-0.15, -0.1) is 0 Å². The number of fused-ring (bicyclic) bond motifs is 1. The largest absolute Gasteiger partial charge is 0.444 e. The van der Waals surface area contributed by atoms with Gasteiger partial charge in [-0.1, -0.05) is 23.8 Å². The first-order chi connectivity index (χ1) is 8.78. The highest BCUT2D eigenvalue weighted by atomic mass is 16.6. The molecule has 1 atom stereocenters. The summed E-state index contributed by atoms with van der Waals surface area (Å²) in [5.74, 6) is 0. The van der Waals surface area contributed by atoms with Crippen LogP contribution in [-0.2, 0) is 11.2 Å². The second-order valence-electron chi connectivity index (χ2n) is 6.30. The maximum absolute atomic E-state index is 12.2. The van der Waals surface area contributed by atoms with Crippen LogP contribution in [0.15, 0.2) is 18.2 Å². The van der Waals surface area contributed by atoms with Gasteiger partial charge in [0.25, 0.3) is 0 Å². The fourth-order valence-corrected chi connectivity index (χ4v) is 2.53. The van der Waals surface area contributed by atoms with Crippen molar-refractivity contribution in [3.8, 4) is 0 Å². The Morgan fingerprint density at radius 1 is 1.37 bits per heavy atom.